The first-order chi connectivity index (χ1) is 11.0. The molecule has 23 heavy (non-hydrogen) atoms. The van der Waals surface area contributed by atoms with Crippen LogP contribution in [-0.2, 0) is 4.74 Å². The summed E-state index contributed by atoms with van der Waals surface area (Å²) in [5.74, 6) is -0.848. The Morgan fingerprint density at radius 1 is 1.00 bits per heavy atom. The van der Waals surface area contributed by atoms with E-state index in [2.05, 4.69) is 0 Å². The zero-order chi connectivity index (χ0) is 16.8. The lowest BCUT2D eigenvalue weighted by Gasteiger charge is -2.10. The maximum Gasteiger partial charge on any atom is 0.343 e. The quantitative estimate of drug-likeness (QED) is 0.338. The van der Waals surface area contributed by atoms with Crippen LogP contribution in [0.3, 0.4) is 0 Å². The maximum atomic E-state index is 12.5. The molecule has 0 atom stereocenters. The van der Waals surface area contributed by atoms with Crippen molar-refractivity contribution in [2.45, 2.75) is 13.8 Å². The number of benzene rings is 2. The van der Waals surface area contributed by atoms with Gasteiger partial charge in [-0.1, -0.05) is 61.8 Å². The van der Waals surface area contributed by atoms with Gasteiger partial charge in [0, 0.05) is 10.6 Å². The summed E-state index contributed by atoms with van der Waals surface area (Å²) in [7, 11) is 0. The molecule has 0 fully saturated rings. The number of carbonyl (C=O) groups excluding carboxylic acids is 2. The van der Waals surface area contributed by atoms with Crippen LogP contribution in [0.5, 0.6) is 0 Å². The first-order valence-electron chi connectivity index (χ1n) is 7.26. The van der Waals surface area contributed by atoms with E-state index in [0.717, 1.165) is 0 Å². The van der Waals surface area contributed by atoms with Gasteiger partial charge in [0.1, 0.15) is 0 Å². The standard InChI is InChI=1S/C19H17ClO3/c1-13(2)11-17(18(21)14-7-4-3-5-8-14)23-19(22)15-9-6-10-16(20)12-15/h3-13H,1-2H3/b17-11+. The van der Waals surface area contributed by atoms with Gasteiger partial charge in [0.2, 0.25) is 5.78 Å². The molecule has 2 rings (SSSR count). The number of hydrogen-bond donors (Lipinski definition) is 0. The Morgan fingerprint density at radius 3 is 2.26 bits per heavy atom. The second-order valence-corrected chi connectivity index (χ2v) is 5.81. The van der Waals surface area contributed by atoms with E-state index in [-0.39, 0.29) is 17.5 Å². The number of rotatable bonds is 5. The van der Waals surface area contributed by atoms with Crippen LogP contribution in [0.1, 0.15) is 34.6 Å². The van der Waals surface area contributed by atoms with Gasteiger partial charge in [-0.3, -0.25) is 4.79 Å². The van der Waals surface area contributed by atoms with Crippen molar-refractivity contribution in [3.8, 4) is 0 Å². The highest BCUT2D eigenvalue weighted by molar-refractivity contribution is 6.30. The summed E-state index contributed by atoms with van der Waals surface area (Å²) in [6.07, 6.45) is 1.64. The molecule has 0 aliphatic heterocycles. The molecule has 0 saturated heterocycles. The summed E-state index contributed by atoms with van der Waals surface area (Å²) in [5.41, 5.74) is 0.770. The van der Waals surface area contributed by atoms with E-state index < -0.39 is 5.97 Å². The molecule has 2 aromatic rings. The van der Waals surface area contributed by atoms with Crippen molar-refractivity contribution in [1.29, 1.82) is 0 Å². The summed E-state index contributed by atoms with van der Waals surface area (Å²) in [4.78, 5) is 24.8. The van der Waals surface area contributed by atoms with Gasteiger partial charge in [-0.25, -0.2) is 4.79 Å². The van der Waals surface area contributed by atoms with E-state index >= 15 is 0 Å². The van der Waals surface area contributed by atoms with Crippen LogP contribution in [0.4, 0.5) is 0 Å². The number of esters is 1. The lowest BCUT2D eigenvalue weighted by atomic mass is 10.1. The third-order valence-electron chi connectivity index (χ3n) is 3.01. The molecule has 118 valence electrons. The Labute approximate surface area is 140 Å². The Bertz CT molecular complexity index is 733. The monoisotopic (exact) mass is 328 g/mol. The highest BCUT2D eigenvalue weighted by atomic mass is 35.5. The number of halogens is 1. The Kier molecular flexibility index (Phi) is 5.72. The van der Waals surface area contributed by atoms with Crippen LogP contribution in [0.2, 0.25) is 5.02 Å². The molecule has 0 unspecified atom stereocenters. The van der Waals surface area contributed by atoms with E-state index in [1.54, 1.807) is 48.5 Å². The van der Waals surface area contributed by atoms with Crippen molar-refractivity contribution in [2.75, 3.05) is 0 Å². The second-order valence-electron chi connectivity index (χ2n) is 5.37. The molecule has 0 aliphatic rings. The fraction of sp³-hybridized carbons (Fsp3) is 0.158. The van der Waals surface area contributed by atoms with E-state index in [0.29, 0.717) is 16.1 Å². The molecule has 0 aliphatic carbocycles. The van der Waals surface area contributed by atoms with Crippen molar-refractivity contribution < 1.29 is 14.3 Å². The minimum Gasteiger partial charge on any atom is -0.419 e. The van der Waals surface area contributed by atoms with Crippen LogP contribution in [-0.4, -0.2) is 11.8 Å². The molecule has 0 N–H and O–H groups in total. The first kappa shape index (κ1) is 17.0. The summed E-state index contributed by atoms with van der Waals surface area (Å²) in [5, 5.41) is 0.434. The number of Topliss-reactive ketones (excluding diaryl/α,β-unsaturated/α-hetero) is 1. The van der Waals surface area contributed by atoms with E-state index in [1.807, 2.05) is 19.9 Å². The Morgan fingerprint density at radius 2 is 1.65 bits per heavy atom. The van der Waals surface area contributed by atoms with Gasteiger partial charge in [-0.15, -0.1) is 0 Å². The zero-order valence-electron chi connectivity index (χ0n) is 13.0. The fourth-order valence-corrected chi connectivity index (χ4v) is 2.16. The van der Waals surface area contributed by atoms with Crippen molar-refractivity contribution in [1.82, 2.24) is 0 Å². The minimum atomic E-state index is -0.608. The lowest BCUT2D eigenvalue weighted by Crippen LogP contribution is -2.13. The van der Waals surface area contributed by atoms with Gasteiger partial charge >= 0.3 is 5.97 Å². The van der Waals surface area contributed by atoms with E-state index in [1.165, 1.54) is 6.07 Å². The normalized spacial score (nSPS) is 11.4. The van der Waals surface area contributed by atoms with Crippen LogP contribution >= 0.6 is 11.6 Å². The highest BCUT2D eigenvalue weighted by Gasteiger charge is 2.19. The number of carbonyl (C=O) groups is 2. The largest absolute Gasteiger partial charge is 0.419 e. The molecular weight excluding hydrogens is 312 g/mol. The number of ketones is 1. The van der Waals surface area contributed by atoms with E-state index in [9.17, 15) is 9.59 Å². The SMILES string of the molecule is CC(C)/C=C(/OC(=O)c1cccc(Cl)c1)C(=O)c1ccccc1. The average molecular weight is 329 g/mol. The van der Waals surface area contributed by atoms with Crippen LogP contribution in [0.15, 0.2) is 66.4 Å². The van der Waals surface area contributed by atoms with Crippen molar-refractivity contribution in [2.24, 2.45) is 5.92 Å². The molecular formula is C19H17ClO3. The van der Waals surface area contributed by atoms with Crippen LogP contribution in [0, 0.1) is 5.92 Å². The maximum absolute atomic E-state index is 12.5. The predicted octanol–water partition coefficient (Wildman–Crippen LogP) is 4.92. The molecule has 0 saturated carbocycles. The third kappa shape index (κ3) is 4.80. The topological polar surface area (TPSA) is 43.4 Å². The molecule has 0 aromatic heterocycles. The molecule has 0 amide bonds. The van der Waals surface area contributed by atoms with Crippen molar-refractivity contribution >= 4 is 23.4 Å². The molecule has 3 nitrogen and oxygen atoms in total. The van der Waals surface area contributed by atoms with Gasteiger partial charge in [-0.2, -0.15) is 0 Å². The molecule has 0 bridgehead atoms. The first-order valence-corrected chi connectivity index (χ1v) is 7.64. The van der Waals surface area contributed by atoms with Gasteiger partial charge in [-0.05, 0) is 30.2 Å². The zero-order valence-corrected chi connectivity index (χ0v) is 13.7. The summed E-state index contributed by atoms with van der Waals surface area (Å²) in [6, 6.07) is 15.1. The van der Waals surface area contributed by atoms with Crippen LogP contribution in [0.25, 0.3) is 0 Å². The molecule has 0 radical (unpaired) electrons. The smallest absolute Gasteiger partial charge is 0.343 e. The summed E-state index contributed by atoms with van der Waals surface area (Å²) < 4.78 is 5.33. The van der Waals surface area contributed by atoms with Crippen molar-refractivity contribution in [3.63, 3.8) is 0 Å². The molecule has 4 heteroatoms. The summed E-state index contributed by atoms with van der Waals surface area (Å²) in [6.45, 7) is 3.82. The van der Waals surface area contributed by atoms with Crippen molar-refractivity contribution in [3.05, 3.63) is 82.6 Å². The fourth-order valence-electron chi connectivity index (χ4n) is 1.96. The van der Waals surface area contributed by atoms with Gasteiger partial charge in [0.15, 0.2) is 5.76 Å². The predicted molar refractivity (Wildman–Crippen MR) is 90.6 cm³/mol. The average Bonchev–Trinajstić information content (AvgIpc) is 2.54. The molecule has 2 aromatic carbocycles. The summed E-state index contributed by atoms with van der Waals surface area (Å²) >= 11 is 5.88. The molecule has 0 heterocycles. The Hall–Kier alpha value is -2.39. The number of hydrogen-bond acceptors (Lipinski definition) is 3. The number of ether oxygens (including phenoxy) is 1. The lowest BCUT2D eigenvalue weighted by molar-refractivity contribution is 0.0586. The third-order valence-corrected chi connectivity index (χ3v) is 3.24. The second kappa shape index (κ2) is 7.75. The van der Waals surface area contributed by atoms with Gasteiger partial charge < -0.3 is 4.74 Å². The minimum absolute atomic E-state index is 0.0242. The van der Waals surface area contributed by atoms with Gasteiger partial charge in [0.05, 0.1) is 5.56 Å². The van der Waals surface area contributed by atoms with Gasteiger partial charge in [0.25, 0.3) is 0 Å². The number of allylic oxidation sites excluding steroid dienone is 2. The van der Waals surface area contributed by atoms with E-state index in [4.69, 9.17) is 16.3 Å². The Balaban J connectivity index is 2.26. The van der Waals surface area contributed by atoms with Crippen LogP contribution < -0.4 is 0 Å². The highest BCUT2D eigenvalue weighted by Crippen LogP contribution is 2.17. The molecule has 0 spiro atoms.